The molecule has 0 aromatic heterocycles. The van der Waals surface area contributed by atoms with Crippen LogP contribution in [0.3, 0.4) is 0 Å². The summed E-state index contributed by atoms with van der Waals surface area (Å²) in [6.07, 6.45) is 0. The Labute approximate surface area is 157 Å². The van der Waals surface area contributed by atoms with Crippen molar-refractivity contribution in [3.05, 3.63) is 62.1 Å². The fraction of sp³-hybridized carbons (Fsp3) is 0.125. The van der Waals surface area contributed by atoms with Gasteiger partial charge in [0.15, 0.2) is 12.4 Å². The molecule has 0 heterocycles. The van der Waals surface area contributed by atoms with Crippen LogP contribution in [-0.4, -0.2) is 30.5 Å². The Morgan fingerprint density at radius 1 is 1.23 bits per heavy atom. The van der Waals surface area contributed by atoms with Crippen molar-refractivity contribution >= 4 is 46.5 Å². The van der Waals surface area contributed by atoms with Crippen molar-refractivity contribution in [2.75, 3.05) is 19.0 Å². The van der Waals surface area contributed by atoms with E-state index in [-0.39, 0.29) is 27.0 Å². The summed E-state index contributed by atoms with van der Waals surface area (Å²) < 4.78 is 9.70. The topological polar surface area (TPSA) is 108 Å². The van der Waals surface area contributed by atoms with E-state index in [0.29, 0.717) is 0 Å². The largest absolute Gasteiger partial charge is 0.490 e. The molecule has 1 N–H and O–H groups in total. The summed E-state index contributed by atoms with van der Waals surface area (Å²) >= 11 is 11.8. The molecule has 0 fully saturated rings. The number of nitro groups is 1. The molecule has 0 aliphatic carbocycles. The van der Waals surface area contributed by atoms with Gasteiger partial charge < -0.3 is 14.8 Å². The van der Waals surface area contributed by atoms with Crippen molar-refractivity contribution in [1.29, 1.82) is 0 Å². The summed E-state index contributed by atoms with van der Waals surface area (Å²) in [5.41, 5.74) is -0.219. The van der Waals surface area contributed by atoms with Gasteiger partial charge in [-0.15, -0.1) is 0 Å². The first kappa shape index (κ1) is 19.5. The number of hydrogen-bond acceptors (Lipinski definition) is 6. The second kappa shape index (κ2) is 8.50. The molecule has 10 heteroatoms. The predicted octanol–water partition coefficient (Wildman–Crippen LogP) is 3.71. The highest BCUT2D eigenvalue weighted by Crippen LogP contribution is 2.30. The number of halogens is 2. The molecular formula is C16H12Cl2N2O6. The van der Waals surface area contributed by atoms with Gasteiger partial charge in [-0.05, 0) is 24.3 Å². The minimum atomic E-state index is -0.900. The van der Waals surface area contributed by atoms with Gasteiger partial charge in [-0.1, -0.05) is 29.3 Å². The Morgan fingerprint density at radius 2 is 1.96 bits per heavy atom. The lowest BCUT2D eigenvalue weighted by Gasteiger charge is -2.09. The third kappa shape index (κ3) is 4.62. The lowest BCUT2D eigenvalue weighted by atomic mass is 10.2. The Bertz CT molecular complexity index is 872. The zero-order chi connectivity index (χ0) is 19.3. The first-order valence-electron chi connectivity index (χ1n) is 7.07. The standard InChI is InChI=1S/C16H12Cl2N2O6/c1-25-13-6-5-9(7-12(13)20(23)24)16(22)26-8-14(21)19-11-4-2-3-10(17)15(11)18/h2-7H,8H2,1H3,(H,19,21). The Hall–Kier alpha value is -2.84. The summed E-state index contributed by atoms with van der Waals surface area (Å²) in [5.74, 6) is -1.55. The minimum absolute atomic E-state index is 0.000101. The van der Waals surface area contributed by atoms with Crippen molar-refractivity contribution in [2.24, 2.45) is 0 Å². The zero-order valence-corrected chi connectivity index (χ0v) is 14.8. The molecule has 0 radical (unpaired) electrons. The van der Waals surface area contributed by atoms with Crippen LogP contribution in [0.4, 0.5) is 11.4 Å². The van der Waals surface area contributed by atoms with Gasteiger partial charge in [0, 0.05) is 6.07 Å². The number of hydrogen-bond donors (Lipinski definition) is 1. The van der Waals surface area contributed by atoms with Gasteiger partial charge in [-0.25, -0.2) is 4.79 Å². The van der Waals surface area contributed by atoms with E-state index in [1.54, 1.807) is 12.1 Å². The molecule has 2 aromatic rings. The van der Waals surface area contributed by atoms with Crippen molar-refractivity contribution in [3.63, 3.8) is 0 Å². The molecule has 0 spiro atoms. The Kier molecular flexibility index (Phi) is 6.37. The van der Waals surface area contributed by atoms with Crippen molar-refractivity contribution in [3.8, 4) is 5.75 Å². The maximum atomic E-state index is 12.0. The number of nitrogens with zero attached hydrogens (tertiary/aromatic N) is 1. The van der Waals surface area contributed by atoms with Gasteiger partial charge >= 0.3 is 11.7 Å². The number of nitrogens with one attached hydrogen (secondary N) is 1. The minimum Gasteiger partial charge on any atom is -0.490 e. The maximum Gasteiger partial charge on any atom is 0.338 e. The average Bonchev–Trinajstić information content (AvgIpc) is 2.62. The fourth-order valence-corrected chi connectivity index (χ4v) is 2.31. The molecular weight excluding hydrogens is 387 g/mol. The number of benzene rings is 2. The fourth-order valence-electron chi connectivity index (χ4n) is 1.96. The maximum absolute atomic E-state index is 12.0. The summed E-state index contributed by atoms with van der Waals surface area (Å²) in [4.78, 5) is 34.1. The van der Waals surface area contributed by atoms with Gasteiger partial charge in [0.05, 0.1) is 33.3 Å². The number of methoxy groups -OCH3 is 1. The van der Waals surface area contributed by atoms with Crippen LogP contribution in [0.5, 0.6) is 5.75 Å². The van der Waals surface area contributed by atoms with Crippen LogP contribution in [0.2, 0.25) is 10.0 Å². The lowest BCUT2D eigenvalue weighted by molar-refractivity contribution is -0.385. The molecule has 0 aliphatic heterocycles. The van der Waals surface area contributed by atoms with Crippen molar-refractivity contribution < 1.29 is 24.0 Å². The number of amides is 1. The number of nitro benzene ring substituents is 1. The van der Waals surface area contributed by atoms with Gasteiger partial charge in [0.1, 0.15) is 0 Å². The summed E-state index contributed by atoms with van der Waals surface area (Å²) in [7, 11) is 1.27. The summed E-state index contributed by atoms with van der Waals surface area (Å²) in [6, 6.07) is 8.23. The molecule has 0 atom stereocenters. The van der Waals surface area contributed by atoms with E-state index in [1.165, 1.54) is 25.3 Å². The number of rotatable bonds is 6. The monoisotopic (exact) mass is 398 g/mol. The zero-order valence-electron chi connectivity index (χ0n) is 13.3. The third-order valence-electron chi connectivity index (χ3n) is 3.17. The van der Waals surface area contributed by atoms with Crippen LogP contribution in [0.25, 0.3) is 0 Å². The van der Waals surface area contributed by atoms with E-state index in [4.69, 9.17) is 32.7 Å². The van der Waals surface area contributed by atoms with E-state index in [0.717, 1.165) is 6.07 Å². The molecule has 26 heavy (non-hydrogen) atoms. The number of anilines is 1. The van der Waals surface area contributed by atoms with E-state index >= 15 is 0 Å². The summed E-state index contributed by atoms with van der Waals surface area (Å²) in [5, 5.41) is 13.8. The quantitative estimate of drug-likeness (QED) is 0.451. The number of carbonyl (C=O) groups excluding carboxylic acids is 2. The first-order chi connectivity index (χ1) is 12.3. The van der Waals surface area contributed by atoms with Gasteiger partial charge in [-0.2, -0.15) is 0 Å². The molecule has 0 aliphatic rings. The molecule has 2 rings (SSSR count). The average molecular weight is 399 g/mol. The second-order valence-corrected chi connectivity index (χ2v) is 5.65. The Morgan fingerprint density at radius 3 is 2.62 bits per heavy atom. The van der Waals surface area contributed by atoms with Crippen LogP contribution in [0, 0.1) is 10.1 Å². The van der Waals surface area contributed by atoms with E-state index in [9.17, 15) is 19.7 Å². The SMILES string of the molecule is COc1ccc(C(=O)OCC(=O)Nc2cccc(Cl)c2Cl)cc1[N+](=O)[O-]. The molecule has 136 valence electrons. The van der Waals surface area contributed by atoms with Crippen LogP contribution >= 0.6 is 23.2 Å². The van der Waals surface area contributed by atoms with E-state index in [2.05, 4.69) is 5.32 Å². The second-order valence-electron chi connectivity index (χ2n) is 4.87. The smallest absolute Gasteiger partial charge is 0.338 e. The van der Waals surface area contributed by atoms with Crippen molar-refractivity contribution in [1.82, 2.24) is 0 Å². The van der Waals surface area contributed by atoms with Gasteiger partial charge in [0.2, 0.25) is 0 Å². The van der Waals surface area contributed by atoms with Crippen LogP contribution < -0.4 is 10.1 Å². The van der Waals surface area contributed by atoms with Crippen LogP contribution in [-0.2, 0) is 9.53 Å². The highest BCUT2D eigenvalue weighted by atomic mass is 35.5. The summed E-state index contributed by atoms with van der Waals surface area (Å²) in [6.45, 7) is -0.610. The highest BCUT2D eigenvalue weighted by molar-refractivity contribution is 6.44. The molecule has 0 saturated heterocycles. The van der Waals surface area contributed by atoms with E-state index < -0.39 is 29.1 Å². The third-order valence-corrected chi connectivity index (χ3v) is 3.99. The van der Waals surface area contributed by atoms with Crippen LogP contribution in [0.15, 0.2) is 36.4 Å². The first-order valence-corrected chi connectivity index (χ1v) is 7.82. The van der Waals surface area contributed by atoms with Crippen LogP contribution in [0.1, 0.15) is 10.4 Å². The number of esters is 1. The van der Waals surface area contributed by atoms with E-state index in [1.807, 2.05) is 0 Å². The molecule has 0 saturated carbocycles. The highest BCUT2D eigenvalue weighted by Gasteiger charge is 2.19. The predicted molar refractivity (Wildman–Crippen MR) is 95.0 cm³/mol. The van der Waals surface area contributed by atoms with Crippen molar-refractivity contribution in [2.45, 2.75) is 0 Å². The number of carbonyl (C=O) groups is 2. The molecule has 1 amide bonds. The molecule has 0 unspecified atom stereocenters. The molecule has 0 bridgehead atoms. The lowest BCUT2D eigenvalue weighted by Crippen LogP contribution is -2.21. The Balaban J connectivity index is 2.02. The van der Waals surface area contributed by atoms with Gasteiger partial charge in [-0.3, -0.25) is 14.9 Å². The number of ether oxygens (including phenoxy) is 2. The normalized spacial score (nSPS) is 10.1. The van der Waals surface area contributed by atoms with Gasteiger partial charge in [0.25, 0.3) is 5.91 Å². The molecule has 8 nitrogen and oxygen atoms in total. The molecule has 2 aromatic carbocycles.